The fourth-order valence-corrected chi connectivity index (χ4v) is 2.14. The second-order valence-corrected chi connectivity index (χ2v) is 5.15. The zero-order valence-electron chi connectivity index (χ0n) is 11.8. The summed E-state index contributed by atoms with van der Waals surface area (Å²) in [6, 6.07) is 5.11. The molecule has 2 rings (SSSR count). The summed E-state index contributed by atoms with van der Waals surface area (Å²) >= 11 is 0. The number of hydrogen-bond acceptors (Lipinski definition) is 5. The Hall–Kier alpha value is -2.27. The number of halogens is 2. The van der Waals surface area contributed by atoms with Gasteiger partial charge in [0.1, 0.15) is 17.5 Å². The number of carbonyl (C=O) groups is 1. The van der Waals surface area contributed by atoms with Crippen LogP contribution in [0.3, 0.4) is 0 Å². The quantitative estimate of drug-likeness (QED) is 0.682. The summed E-state index contributed by atoms with van der Waals surface area (Å²) < 4.78 is 27.6. The zero-order chi connectivity index (χ0) is 16.2. The predicted molar refractivity (Wildman–Crippen MR) is 74.2 cm³/mol. The van der Waals surface area contributed by atoms with E-state index >= 15 is 0 Å². The lowest BCUT2D eigenvalue weighted by Crippen LogP contribution is -2.60. The van der Waals surface area contributed by atoms with Crippen molar-refractivity contribution in [1.82, 2.24) is 10.3 Å². The number of alkyl halides is 2. The van der Waals surface area contributed by atoms with Gasteiger partial charge < -0.3 is 15.7 Å². The summed E-state index contributed by atoms with van der Waals surface area (Å²) in [5.74, 6) is -4.96. The molecule has 0 aliphatic heterocycles. The Balaban J connectivity index is 1.81. The maximum absolute atomic E-state index is 13.8. The van der Waals surface area contributed by atoms with Gasteiger partial charge in [-0.25, -0.2) is 4.98 Å². The molecule has 0 atom stereocenters. The van der Waals surface area contributed by atoms with Gasteiger partial charge in [0, 0.05) is 19.3 Å². The number of carbonyl (C=O) groups excluding carboxylic acids is 1. The molecule has 0 bridgehead atoms. The fourth-order valence-electron chi connectivity index (χ4n) is 2.14. The third kappa shape index (κ3) is 2.99. The molecule has 0 saturated heterocycles. The van der Waals surface area contributed by atoms with Gasteiger partial charge in [-0.3, -0.25) is 4.79 Å². The average molecular weight is 310 g/mol. The van der Waals surface area contributed by atoms with Gasteiger partial charge in [-0.05, 0) is 31.4 Å². The first-order chi connectivity index (χ1) is 10.4. The van der Waals surface area contributed by atoms with Crippen LogP contribution >= 0.6 is 0 Å². The Bertz CT molecular complexity index is 597. The molecule has 1 aromatic heterocycles. The lowest BCUT2D eigenvalue weighted by molar-refractivity contribution is -0.215. The number of amides is 1. The molecule has 0 radical (unpaired) electrons. The van der Waals surface area contributed by atoms with Gasteiger partial charge in [0.15, 0.2) is 0 Å². The molecule has 1 saturated carbocycles. The number of hydrogen-bond donors (Lipinski definition) is 3. The van der Waals surface area contributed by atoms with Crippen LogP contribution in [0.15, 0.2) is 18.3 Å². The minimum absolute atomic E-state index is 0.0774. The Morgan fingerprint density at radius 1 is 1.50 bits per heavy atom. The van der Waals surface area contributed by atoms with Crippen LogP contribution in [-0.2, 0) is 4.79 Å². The average Bonchev–Trinajstić information content (AvgIpc) is 2.49. The van der Waals surface area contributed by atoms with Gasteiger partial charge in [-0.2, -0.15) is 14.0 Å². The molecule has 6 nitrogen and oxygen atoms in total. The van der Waals surface area contributed by atoms with Gasteiger partial charge >= 0.3 is 5.92 Å². The molecule has 118 valence electrons. The molecule has 1 aliphatic rings. The van der Waals surface area contributed by atoms with Gasteiger partial charge in [0.2, 0.25) is 0 Å². The predicted octanol–water partition coefficient (Wildman–Crippen LogP) is 1.03. The molecular formula is C14H16F2N4O2. The van der Waals surface area contributed by atoms with Crippen molar-refractivity contribution in [2.45, 2.75) is 30.8 Å². The second-order valence-electron chi connectivity index (χ2n) is 5.15. The third-order valence-electron chi connectivity index (χ3n) is 3.68. The summed E-state index contributed by atoms with van der Waals surface area (Å²) in [7, 11) is 0. The van der Waals surface area contributed by atoms with E-state index in [0.29, 0.717) is 17.8 Å². The first kappa shape index (κ1) is 16.1. The number of aromatic nitrogens is 1. The van der Waals surface area contributed by atoms with Crippen molar-refractivity contribution in [3.63, 3.8) is 0 Å². The first-order valence-electron chi connectivity index (χ1n) is 6.88. The van der Waals surface area contributed by atoms with Crippen LogP contribution in [0.1, 0.15) is 24.8 Å². The van der Waals surface area contributed by atoms with E-state index in [2.05, 4.69) is 15.6 Å². The van der Waals surface area contributed by atoms with Crippen molar-refractivity contribution in [1.29, 1.82) is 5.26 Å². The zero-order valence-corrected chi connectivity index (χ0v) is 11.8. The molecule has 1 heterocycles. The molecule has 0 aromatic carbocycles. The highest BCUT2D eigenvalue weighted by atomic mass is 19.3. The van der Waals surface area contributed by atoms with E-state index in [0.717, 1.165) is 0 Å². The molecule has 1 aliphatic carbocycles. The Morgan fingerprint density at radius 2 is 2.23 bits per heavy atom. The largest absolute Gasteiger partial charge is 0.383 e. The van der Waals surface area contributed by atoms with E-state index in [1.165, 1.54) is 6.20 Å². The maximum Gasteiger partial charge on any atom is 0.352 e. The number of aliphatic hydroxyl groups is 1. The highest BCUT2D eigenvalue weighted by Crippen LogP contribution is 2.44. The van der Waals surface area contributed by atoms with Gasteiger partial charge in [-0.15, -0.1) is 0 Å². The van der Waals surface area contributed by atoms with Crippen LogP contribution in [0.5, 0.6) is 0 Å². The lowest BCUT2D eigenvalue weighted by Gasteiger charge is -2.41. The molecule has 3 N–H and O–H groups in total. The normalized spacial score (nSPS) is 16.3. The third-order valence-corrected chi connectivity index (χ3v) is 3.68. The van der Waals surface area contributed by atoms with Gasteiger partial charge in [0.05, 0.1) is 5.56 Å². The fraction of sp³-hybridized carbons (Fsp3) is 0.500. The van der Waals surface area contributed by atoms with Crippen molar-refractivity contribution in [3.05, 3.63) is 23.9 Å². The Morgan fingerprint density at radius 3 is 2.82 bits per heavy atom. The first-order valence-corrected chi connectivity index (χ1v) is 6.88. The van der Waals surface area contributed by atoms with E-state index in [1.807, 2.05) is 6.07 Å². The van der Waals surface area contributed by atoms with E-state index < -0.39 is 17.4 Å². The van der Waals surface area contributed by atoms with Crippen molar-refractivity contribution in [3.8, 4) is 6.07 Å². The summed E-state index contributed by atoms with van der Waals surface area (Å²) in [4.78, 5) is 15.5. The number of nitrogens with zero attached hydrogens (tertiary/aromatic N) is 2. The molecule has 0 unspecified atom stereocenters. The number of anilines is 1. The van der Waals surface area contributed by atoms with Crippen LogP contribution in [0.2, 0.25) is 0 Å². The molecule has 1 fully saturated rings. The standard InChI is InChI=1S/C14H16F2N4O2/c15-14(16,13(22)4-2-5-13)12(21)20-8-7-19-11-10(9-17)3-1-6-18-11/h1,3,6,22H,2,4-5,7-8H2,(H,18,19)(H,20,21). The molecule has 1 amide bonds. The van der Waals surface area contributed by atoms with Gasteiger partial charge in [-0.1, -0.05) is 0 Å². The summed E-state index contributed by atoms with van der Waals surface area (Å²) in [6.45, 7) is 0.0535. The van der Waals surface area contributed by atoms with Crippen molar-refractivity contribution < 1.29 is 18.7 Å². The van der Waals surface area contributed by atoms with Crippen LogP contribution in [0, 0.1) is 11.3 Å². The SMILES string of the molecule is N#Cc1cccnc1NCCNC(=O)C(F)(F)C1(O)CCC1. The highest BCUT2D eigenvalue weighted by Gasteiger charge is 2.60. The lowest BCUT2D eigenvalue weighted by atomic mass is 9.75. The minimum atomic E-state index is -3.80. The van der Waals surface area contributed by atoms with Crippen LogP contribution < -0.4 is 10.6 Å². The number of rotatable bonds is 6. The minimum Gasteiger partial charge on any atom is -0.383 e. The van der Waals surface area contributed by atoms with Crippen LogP contribution in [-0.4, -0.2) is 40.6 Å². The van der Waals surface area contributed by atoms with Crippen molar-refractivity contribution in [2.24, 2.45) is 0 Å². The number of nitrogens with one attached hydrogen (secondary N) is 2. The molecule has 22 heavy (non-hydrogen) atoms. The van der Waals surface area contributed by atoms with Crippen LogP contribution in [0.4, 0.5) is 14.6 Å². The Labute approximate surface area is 126 Å². The summed E-state index contributed by atoms with van der Waals surface area (Å²) in [5, 5.41) is 23.4. The molecule has 8 heteroatoms. The second kappa shape index (κ2) is 6.23. The number of pyridine rings is 1. The molecule has 0 spiro atoms. The van der Waals surface area contributed by atoms with E-state index in [1.54, 1.807) is 12.1 Å². The smallest absolute Gasteiger partial charge is 0.352 e. The van der Waals surface area contributed by atoms with Crippen LogP contribution in [0.25, 0.3) is 0 Å². The van der Waals surface area contributed by atoms with E-state index in [-0.39, 0.29) is 25.9 Å². The van der Waals surface area contributed by atoms with E-state index in [9.17, 15) is 18.7 Å². The highest BCUT2D eigenvalue weighted by molar-refractivity contribution is 5.85. The van der Waals surface area contributed by atoms with Crippen molar-refractivity contribution >= 4 is 11.7 Å². The maximum atomic E-state index is 13.8. The topological polar surface area (TPSA) is 98.0 Å². The number of nitriles is 1. The van der Waals surface area contributed by atoms with Gasteiger partial charge in [0.25, 0.3) is 5.91 Å². The molecule has 1 aromatic rings. The monoisotopic (exact) mass is 310 g/mol. The summed E-state index contributed by atoms with van der Waals surface area (Å²) in [5.41, 5.74) is -1.90. The molecular weight excluding hydrogens is 294 g/mol. The summed E-state index contributed by atoms with van der Waals surface area (Å²) in [6.07, 6.45) is 1.82. The Kier molecular flexibility index (Phi) is 4.56. The van der Waals surface area contributed by atoms with E-state index in [4.69, 9.17) is 5.26 Å². The van der Waals surface area contributed by atoms with Crippen molar-refractivity contribution in [2.75, 3.05) is 18.4 Å².